The highest BCUT2D eigenvalue weighted by molar-refractivity contribution is 5.86. The van der Waals surface area contributed by atoms with Gasteiger partial charge < -0.3 is 9.26 Å². The molecule has 0 unspecified atom stereocenters. The van der Waals surface area contributed by atoms with Gasteiger partial charge in [0.25, 0.3) is 5.89 Å². The summed E-state index contributed by atoms with van der Waals surface area (Å²) in [6.07, 6.45) is 1.42. The van der Waals surface area contributed by atoms with Crippen LogP contribution in [0.5, 0.6) is 0 Å². The standard InChI is InChI=1S/C14H12FN5O3/c1-9-16-13(23-18-9)8-22-14(21)12-7-20(19-17-12)6-10-3-2-4-11(15)5-10/h2-5,7H,6,8H2,1H3. The van der Waals surface area contributed by atoms with Gasteiger partial charge in [0.2, 0.25) is 0 Å². The zero-order chi connectivity index (χ0) is 16.2. The molecular formula is C14H12FN5O3. The Morgan fingerprint density at radius 1 is 1.43 bits per heavy atom. The molecule has 0 aliphatic rings. The fourth-order valence-corrected chi connectivity index (χ4v) is 1.89. The highest BCUT2D eigenvalue weighted by Crippen LogP contribution is 2.07. The summed E-state index contributed by atoms with van der Waals surface area (Å²) in [5.74, 6) is -0.344. The van der Waals surface area contributed by atoms with Gasteiger partial charge in [-0.3, -0.25) is 0 Å². The van der Waals surface area contributed by atoms with E-state index in [1.807, 2.05) is 0 Å². The summed E-state index contributed by atoms with van der Waals surface area (Å²) in [4.78, 5) is 15.8. The summed E-state index contributed by atoms with van der Waals surface area (Å²) in [7, 11) is 0. The minimum absolute atomic E-state index is 0.0395. The predicted octanol–water partition coefficient (Wildman–Crippen LogP) is 1.51. The van der Waals surface area contributed by atoms with Crippen molar-refractivity contribution < 1.29 is 18.4 Å². The van der Waals surface area contributed by atoms with Gasteiger partial charge in [0, 0.05) is 0 Å². The van der Waals surface area contributed by atoms with Gasteiger partial charge in [-0.05, 0) is 24.6 Å². The molecule has 0 fully saturated rings. The number of ether oxygens (including phenoxy) is 1. The number of halogens is 1. The molecule has 2 aromatic heterocycles. The summed E-state index contributed by atoms with van der Waals surface area (Å²) in [6.45, 7) is 1.81. The van der Waals surface area contributed by atoms with Gasteiger partial charge in [0.05, 0.1) is 12.7 Å². The van der Waals surface area contributed by atoms with Crippen molar-refractivity contribution in [2.45, 2.75) is 20.1 Å². The maximum absolute atomic E-state index is 13.1. The number of aryl methyl sites for hydroxylation is 1. The molecule has 0 amide bonds. The third-order valence-corrected chi connectivity index (χ3v) is 2.88. The third-order valence-electron chi connectivity index (χ3n) is 2.88. The Labute approximate surface area is 129 Å². The average Bonchev–Trinajstić information content (AvgIpc) is 3.14. The summed E-state index contributed by atoms with van der Waals surface area (Å²) in [5.41, 5.74) is 0.744. The van der Waals surface area contributed by atoms with E-state index in [-0.39, 0.29) is 24.0 Å². The first-order chi connectivity index (χ1) is 11.1. The SMILES string of the molecule is Cc1noc(COC(=O)c2cn(Cc3cccc(F)c3)nn2)n1. The van der Waals surface area contributed by atoms with E-state index in [1.165, 1.54) is 23.0 Å². The molecule has 118 valence electrons. The Kier molecular flexibility index (Phi) is 4.09. The lowest BCUT2D eigenvalue weighted by atomic mass is 10.2. The van der Waals surface area contributed by atoms with Crippen molar-refractivity contribution in [3.8, 4) is 0 Å². The van der Waals surface area contributed by atoms with E-state index in [0.717, 1.165) is 0 Å². The number of nitrogens with zero attached hydrogens (tertiary/aromatic N) is 5. The zero-order valence-corrected chi connectivity index (χ0v) is 12.1. The Balaban J connectivity index is 1.60. The molecule has 8 nitrogen and oxygen atoms in total. The maximum Gasteiger partial charge on any atom is 0.361 e. The van der Waals surface area contributed by atoms with Crippen molar-refractivity contribution in [2.24, 2.45) is 0 Å². The monoisotopic (exact) mass is 317 g/mol. The van der Waals surface area contributed by atoms with E-state index in [1.54, 1.807) is 19.1 Å². The summed E-state index contributed by atoms with van der Waals surface area (Å²) in [5, 5.41) is 11.1. The van der Waals surface area contributed by atoms with Crippen molar-refractivity contribution in [1.82, 2.24) is 25.1 Å². The van der Waals surface area contributed by atoms with Crippen LogP contribution < -0.4 is 0 Å². The number of carbonyl (C=O) groups is 1. The number of hydrogen-bond donors (Lipinski definition) is 0. The molecule has 0 atom stereocenters. The maximum atomic E-state index is 13.1. The zero-order valence-electron chi connectivity index (χ0n) is 12.1. The van der Waals surface area contributed by atoms with Gasteiger partial charge in [-0.1, -0.05) is 22.5 Å². The fourth-order valence-electron chi connectivity index (χ4n) is 1.89. The highest BCUT2D eigenvalue weighted by Gasteiger charge is 2.14. The number of esters is 1. The smallest absolute Gasteiger partial charge is 0.361 e. The largest absolute Gasteiger partial charge is 0.451 e. The molecule has 0 spiro atoms. The van der Waals surface area contributed by atoms with Gasteiger partial charge in [-0.25, -0.2) is 13.9 Å². The van der Waals surface area contributed by atoms with Crippen molar-refractivity contribution in [2.75, 3.05) is 0 Å². The second-order valence-corrected chi connectivity index (χ2v) is 4.74. The normalized spacial score (nSPS) is 10.7. The number of aromatic nitrogens is 5. The molecule has 0 saturated heterocycles. The Morgan fingerprint density at radius 2 is 2.30 bits per heavy atom. The highest BCUT2D eigenvalue weighted by atomic mass is 19.1. The molecule has 0 aliphatic heterocycles. The molecule has 0 aliphatic carbocycles. The number of rotatable bonds is 5. The average molecular weight is 317 g/mol. The van der Waals surface area contributed by atoms with Crippen LogP contribution >= 0.6 is 0 Å². The lowest BCUT2D eigenvalue weighted by molar-refractivity contribution is 0.0422. The van der Waals surface area contributed by atoms with Crippen molar-refractivity contribution in [1.29, 1.82) is 0 Å². The van der Waals surface area contributed by atoms with Gasteiger partial charge in [0.1, 0.15) is 5.82 Å². The van der Waals surface area contributed by atoms with E-state index < -0.39 is 5.97 Å². The molecular weight excluding hydrogens is 305 g/mol. The first-order valence-corrected chi connectivity index (χ1v) is 6.71. The van der Waals surface area contributed by atoms with Crippen LogP contribution in [0.2, 0.25) is 0 Å². The van der Waals surface area contributed by atoms with Crippen molar-refractivity contribution >= 4 is 5.97 Å². The number of benzene rings is 1. The van der Waals surface area contributed by atoms with Crippen molar-refractivity contribution in [3.05, 3.63) is 59.3 Å². The lowest BCUT2D eigenvalue weighted by Gasteiger charge is -2.00. The van der Waals surface area contributed by atoms with Crippen LogP contribution in [0.15, 0.2) is 35.0 Å². The molecule has 2 heterocycles. The predicted molar refractivity (Wildman–Crippen MR) is 73.7 cm³/mol. The second-order valence-electron chi connectivity index (χ2n) is 4.74. The quantitative estimate of drug-likeness (QED) is 0.658. The van der Waals surface area contributed by atoms with Crippen LogP contribution in [0.25, 0.3) is 0 Å². The minimum atomic E-state index is -0.661. The van der Waals surface area contributed by atoms with Crippen LogP contribution in [-0.4, -0.2) is 31.1 Å². The molecule has 0 N–H and O–H groups in total. The number of carbonyl (C=O) groups excluding carboxylic acids is 1. The number of hydrogen-bond acceptors (Lipinski definition) is 7. The van der Waals surface area contributed by atoms with E-state index in [4.69, 9.17) is 9.26 Å². The van der Waals surface area contributed by atoms with E-state index in [9.17, 15) is 9.18 Å². The van der Waals surface area contributed by atoms with E-state index in [2.05, 4.69) is 20.5 Å². The van der Waals surface area contributed by atoms with Gasteiger partial charge >= 0.3 is 5.97 Å². The summed E-state index contributed by atoms with van der Waals surface area (Å²) in [6, 6.07) is 6.09. The van der Waals surface area contributed by atoms with Crippen LogP contribution in [0.4, 0.5) is 4.39 Å². The molecule has 23 heavy (non-hydrogen) atoms. The molecule has 0 bridgehead atoms. The minimum Gasteiger partial charge on any atom is -0.451 e. The summed E-state index contributed by atoms with van der Waals surface area (Å²) < 4.78 is 24.4. The Morgan fingerprint density at radius 3 is 3.04 bits per heavy atom. The van der Waals surface area contributed by atoms with E-state index in [0.29, 0.717) is 17.9 Å². The fraction of sp³-hybridized carbons (Fsp3) is 0.214. The lowest BCUT2D eigenvalue weighted by Crippen LogP contribution is -2.06. The molecule has 0 radical (unpaired) electrons. The Bertz CT molecular complexity index is 829. The molecule has 1 aromatic carbocycles. The second kappa shape index (κ2) is 6.34. The van der Waals surface area contributed by atoms with Crippen LogP contribution in [0, 0.1) is 12.7 Å². The van der Waals surface area contributed by atoms with Crippen LogP contribution in [0.1, 0.15) is 27.8 Å². The first-order valence-electron chi connectivity index (χ1n) is 6.71. The molecule has 9 heteroatoms. The van der Waals surface area contributed by atoms with E-state index >= 15 is 0 Å². The van der Waals surface area contributed by atoms with Crippen molar-refractivity contribution in [3.63, 3.8) is 0 Å². The Hall–Kier alpha value is -3.10. The van der Waals surface area contributed by atoms with Gasteiger partial charge in [-0.2, -0.15) is 4.98 Å². The molecule has 3 rings (SSSR count). The third kappa shape index (κ3) is 3.76. The molecule has 0 saturated carbocycles. The topological polar surface area (TPSA) is 95.9 Å². The van der Waals surface area contributed by atoms with Gasteiger partial charge in [0.15, 0.2) is 18.1 Å². The van der Waals surface area contributed by atoms with Gasteiger partial charge in [-0.15, -0.1) is 5.10 Å². The van der Waals surface area contributed by atoms with Crippen LogP contribution in [0.3, 0.4) is 0 Å². The summed E-state index contributed by atoms with van der Waals surface area (Å²) >= 11 is 0. The molecule has 3 aromatic rings. The van der Waals surface area contributed by atoms with Crippen LogP contribution in [-0.2, 0) is 17.9 Å². The first kappa shape index (κ1) is 14.8.